The molecule has 0 radical (unpaired) electrons. The van der Waals surface area contributed by atoms with Gasteiger partial charge in [-0.1, -0.05) is 17.7 Å². The van der Waals surface area contributed by atoms with E-state index in [9.17, 15) is 8.42 Å². The molecule has 0 aliphatic rings. The zero-order valence-corrected chi connectivity index (χ0v) is 17.8. The molecule has 0 saturated carbocycles. The molecule has 3 aromatic heterocycles. The molecule has 0 unspecified atom stereocenters. The van der Waals surface area contributed by atoms with Gasteiger partial charge in [0.2, 0.25) is 15.0 Å². The Morgan fingerprint density at radius 1 is 1.29 bits per heavy atom. The number of hydrogen-bond donors (Lipinski definition) is 1. The van der Waals surface area contributed by atoms with Crippen LogP contribution in [0.3, 0.4) is 0 Å². The second-order valence-electron chi connectivity index (χ2n) is 5.78. The Hall–Kier alpha value is -1.98. The first-order valence-corrected chi connectivity index (χ1v) is 11.8. The third-order valence-electron chi connectivity index (χ3n) is 3.98. The molecule has 0 fully saturated rings. The quantitative estimate of drug-likeness (QED) is 0.460. The summed E-state index contributed by atoms with van der Waals surface area (Å²) in [6.45, 7) is 0.206. The molecule has 0 bridgehead atoms. The number of sulfonamides is 1. The summed E-state index contributed by atoms with van der Waals surface area (Å²) in [5.74, 6) is 0.916. The Kier molecular flexibility index (Phi) is 5.39. The molecular weight excluding hydrogens is 440 g/mol. The lowest BCUT2D eigenvalue weighted by Gasteiger charge is -2.10. The minimum absolute atomic E-state index is 0.0127. The van der Waals surface area contributed by atoms with Gasteiger partial charge in [0.1, 0.15) is 10.6 Å². The first-order valence-electron chi connectivity index (χ1n) is 8.18. The summed E-state index contributed by atoms with van der Waals surface area (Å²) < 4.78 is 34.8. The third kappa shape index (κ3) is 3.78. The predicted molar refractivity (Wildman–Crippen MR) is 111 cm³/mol. The highest BCUT2D eigenvalue weighted by atomic mass is 35.5. The highest BCUT2D eigenvalue weighted by Crippen LogP contribution is 2.27. The van der Waals surface area contributed by atoms with Crippen LogP contribution in [-0.4, -0.2) is 36.7 Å². The van der Waals surface area contributed by atoms with Gasteiger partial charge in [0.25, 0.3) is 0 Å². The van der Waals surface area contributed by atoms with Crippen LogP contribution in [-0.2, 0) is 16.4 Å². The van der Waals surface area contributed by atoms with Crippen molar-refractivity contribution in [1.29, 1.82) is 0 Å². The highest BCUT2D eigenvalue weighted by Gasteiger charge is 2.20. The van der Waals surface area contributed by atoms with Crippen molar-refractivity contribution in [3.8, 4) is 16.5 Å². The van der Waals surface area contributed by atoms with Crippen molar-refractivity contribution >= 4 is 49.3 Å². The van der Waals surface area contributed by atoms with Crippen LogP contribution in [0.5, 0.6) is 5.75 Å². The highest BCUT2D eigenvalue weighted by molar-refractivity contribution is 7.89. The molecule has 4 aromatic rings. The normalized spacial score (nSPS) is 11.9. The average molecular weight is 455 g/mol. The number of nitrogens with zero attached hydrogens (tertiary/aromatic N) is 3. The van der Waals surface area contributed by atoms with E-state index in [2.05, 4.69) is 14.8 Å². The van der Waals surface area contributed by atoms with Crippen LogP contribution < -0.4 is 9.46 Å². The fourth-order valence-corrected chi connectivity index (χ4v) is 5.63. The van der Waals surface area contributed by atoms with Crippen LogP contribution in [0.15, 0.2) is 46.0 Å². The van der Waals surface area contributed by atoms with E-state index in [1.165, 1.54) is 30.6 Å². The van der Waals surface area contributed by atoms with Crippen molar-refractivity contribution in [2.24, 2.45) is 0 Å². The van der Waals surface area contributed by atoms with Crippen LogP contribution in [0.1, 0.15) is 5.69 Å². The molecule has 7 nitrogen and oxygen atoms in total. The molecule has 11 heteroatoms. The van der Waals surface area contributed by atoms with E-state index < -0.39 is 10.0 Å². The summed E-state index contributed by atoms with van der Waals surface area (Å²) >= 11 is 8.99. The van der Waals surface area contributed by atoms with E-state index in [-0.39, 0.29) is 17.2 Å². The van der Waals surface area contributed by atoms with Gasteiger partial charge in [-0.25, -0.2) is 17.7 Å². The number of thiazole rings is 1. The van der Waals surface area contributed by atoms with E-state index in [1.54, 1.807) is 21.9 Å². The van der Waals surface area contributed by atoms with Crippen molar-refractivity contribution in [2.75, 3.05) is 13.7 Å². The van der Waals surface area contributed by atoms with Gasteiger partial charge in [-0.2, -0.15) is 4.98 Å². The minimum Gasteiger partial charge on any atom is -0.495 e. The Bertz CT molecular complexity index is 1220. The molecule has 146 valence electrons. The van der Waals surface area contributed by atoms with Gasteiger partial charge in [0.15, 0.2) is 5.82 Å². The number of rotatable bonds is 7. The van der Waals surface area contributed by atoms with Gasteiger partial charge in [-0.15, -0.1) is 27.8 Å². The molecule has 4 rings (SSSR count). The number of hydrogen-bond acceptors (Lipinski definition) is 7. The first-order chi connectivity index (χ1) is 13.5. The Labute approximate surface area is 174 Å². The van der Waals surface area contributed by atoms with E-state index in [0.717, 1.165) is 15.5 Å². The maximum atomic E-state index is 12.6. The van der Waals surface area contributed by atoms with E-state index >= 15 is 0 Å². The number of halogens is 1. The lowest BCUT2D eigenvalue weighted by atomic mass is 10.3. The lowest BCUT2D eigenvalue weighted by molar-refractivity contribution is 0.402. The molecule has 0 saturated heterocycles. The number of thiophene rings is 1. The molecular formula is C17H15ClN4O3S3. The second kappa shape index (κ2) is 7.80. The van der Waals surface area contributed by atoms with Crippen molar-refractivity contribution in [2.45, 2.75) is 11.3 Å². The molecule has 3 heterocycles. The monoisotopic (exact) mass is 454 g/mol. The number of aromatic nitrogens is 3. The maximum absolute atomic E-state index is 12.6. The van der Waals surface area contributed by atoms with Gasteiger partial charge in [-0.3, -0.25) is 0 Å². The smallest absolute Gasteiger partial charge is 0.244 e. The predicted octanol–water partition coefficient (Wildman–Crippen LogP) is 3.70. The molecule has 0 spiro atoms. The number of fused-ring (bicyclic) bond motifs is 1. The topological polar surface area (TPSA) is 85.6 Å². The molecule has 0 amide bonds. The molecule has 0 aliphatic carbocycles. The fraction of sp³-hybridized carbons (Fsp3) is 0.176. The van der Waals surface area contributed by atoms with Crippen LogP contribution in [0, 0.1) is 0 Å². The lowest BCUT2D eigenvalue weighted by Crippen LogP contribution is -2.26. The van der Waals surface area contributed by atoms with Crippen LogP contribution >= 0.6 is 34.3 Å². The average Bonchev–Trinajstić information content (AvgIpc) is 3.39. The van der Waals surface area contributed by atoms with Crippen molar-refractivity contribution in [1.82, 2.24) is 19.3 Å². The van der Waals surface area contributed by atoms with Crippen molar-refractivity contribution in [3.63, 3.8) is 0 Å². The van der Waals surface area contributed by atoms with Gasteiger partial charge in [0.05, 0.1) is 17.7 Å². The third-order valence-corrected chi connectivity index (χ3v) is 7.43. The fourth-order valence-electron chi connectivity index (χ4n) is 2.66. The summed E-state index contributed by atoms with van der Waals surface area (Å²) in [5, 5.41) is 8.77. The van der Waals surface area contributed by atoms with E-state index in [4.69, 9.17) is 16.3 Å². The van der Waals surface area contributed by atoms with E-state index in [1.807, 2.05) is 22.9 Å². The molecule has 0 atom stereocenters. The maximum Gasteiger partial charge on any atom is 0.244 e. The zero-order chi connectivity index (χ0) is 19.7. The summed E-state index contributed by atoms with van der Waals surface area (Å²) in [6, 6.07) is 8.40. The van der Waals surface area contributed by atoms with Crippen molar-refractivity contribution < 1.29 is 13.2 Å². The number of ether oxygens (including phenoxy) is 1. The van der Waals surface area contributed by atoms with Gasteiger partial charge in [0, 0.05) is 23.4 Å². The summed E-state index contributed by atoms with van der Waals surface area (Å²) in [7, 11) is -2.35. The second-order valence-corrected chi connectivity index (χ2v) is 9.73. The Balaban J connectivity index is 1.50. The zero-order valence-electron chi connectivity index (χ0n) is 14.6. The summed E-state index contributed by atoms with van der Waals surface area (Å²) in [5.41, 5.74) is 0.885. The first kappa shape index (κ1) is 19.3. The van der Waals surface area contributed by atoms with E-state index in [0.29, 0.717) is 17.3 Å². The van der Waals surface area contributed by atoms with Crippen LogP contribution in [0.4, 0.5) is 0 Å². The standard InChI is InChI=1S/C17H15ClN4O3S3/c1-25-13-5-4-11(18)9-15(13)28(23,24)19-7-6-12-10-27-17-20-16(21-22(12)17)14-3-2-8-26-14/h2-5,8-10,19H,6-7H2,1H3. The van der Waals surface area contributed by atoms with Gasteiger partial charge < -0.3 is 4.74 Å². The molecule has 0 aliphatic heterocycles. The molecule has 1 N–H and O–H groups in total. The van der Waals surface area contributed by atoms with Crippen LogP contribution in [0.25, 0.3) is 15.7 Å². The molecule has 28 heavy (non-hydrogen) atoms. The van der Waals surface area contributed by atoms with Crippen molar-refractivity contribution in [3.05, 3.63) is 51.8 Å². The summed E-state index contributed by atoms with van der Waals surface area (Å²) in [6.07, 6.45) is 0.468. The minimum atomic E-state index is -3.76. The number of benzene rings is 1. The Morgan fingerprint density at radius 3 is 2.89 bits per heavy atom. The number of nitrogens with one attached hydrogen (secondary N) is 1. The SMILES string of the molecule is COc1ccc(Cl)cc1S(=O)(=O)NCCc1csc2nc(-c3cccs3)nn12. The largest absolute Gasteiger partial charge is 0.495 e. The Morgan fingerprint density at radius 2 is 2.14 bits per heavy atom. The number of methoxy groups -OCH3 is 1. The summed E-state index contributed by atoms with van der Waals surface area (Å²) in [4.78, 5) is 6.31. The van der Waals surface area contributed by atoms with Gasteiger partial charge in [-0.05, 0) is 29.6 Å². The molecule has 1 aromatic carbocycles. The van der Waals surface area contributed by atoms with Gasteiger partial charge >= 0.3 is 0 Å². The van der Waals surface area contributed by atoms with Crippen LogP contribution in [0.2, 0.25) is 5.02 Å².